The van der Waals surface area contributed by atoms with Crippen LogP contribution < -0.4 is 20.7 Å². The molecule has 2 rings (SSSR count). The number of hydrogen-bond acceptors (Lipinski definition) is 4. The average molecular weight is 540 g/mol. The Morgan fingerprint density at radius 3 is 2.55 bits per heavy atom. The topological polar surface area (TPSA) is 84.0 Å². The number of nitrogens with zero attached hydrogens (tertiary/aromatic N) is 1. The first-order chi connectivity index (χ1) is 14.6. The molecule has 0 radical (unpaired) electrons. The summed E-state index contributed by atoms with van der Waals surface area (Å²) >= 11 is 0. The first-order valence-electron chi connectivity index (χ1n) is 10.1. The van der Waals surface area contributed by atoms with E-state index in [9.17, 15) is 4.79 Å². The predicted molar refractivity (Wildman–Crippen MR) is 135 cm³/mol. The molecule has 0 heterocycles. The molecule has 0 unspecified atom stereocenters. The molecular weight excluding hydrogens is 507 g/mol. The number of hydrogen-bond donors (Lipinski definition) is 3. The number of halogens is 1. The third-order valence-corrected chi connectivity index (χ3v) is 4.46. The van der Waals surface area contributed by atoms with Crippen LogP contribution in [0.1, 0.15) is 34.0 Å². The van der Waals surface area contributed by atoms with Crippen LogP contribution in [0.3, 0.4) is 0 Å². The zero-order chi connectivity index (χ0) is 21.8. The number of benzene rings is 2. The molecule has 0 aliphatic carbocycles. The number of rotatable bonds is 10. The normalized spacial score (nSPS) is 10.8. The van der Waals surface area contributed by atoms with Gasteiger partial charge in [-0.1, -0.05) is 24.3 Å². The SMILES string of the molecule is CCOCCOc1cc(C)ccc1CNC(=NC)NCc1cccc(C(=O)NC)c1.I. The van der Waals surface area contributed by atoms with Gasteiger partial charge in [0.15, 0.2) is 5.96 Å². The Hall–Kier alpha value is -2.33. The maximum atomic E-state index is 11.8. The maximum absolute atomic E-state index is 11.8. The molecule has 170 valence electrons. The van der Waals surface area contributed by atoms with Gasteiger partial charge in [-0.2, -0.15) is 0 Å². The number of carbonyl (C=O) groups excluding carboxylic acids is 1. The van der Waals surface area contributed by atoms with Gasteiger partial charge in [-0.15, -0.1) is 24.0 Å². The molecule has 0 bridgehead atoms. The van der Waals surface area contributed by atoms with Crippen LogP contribution in [0.5, 0.6) is 5.75 Å². The van der Waals surface area contributed by atoms with Crippen molar-refractivity contribution >= 4 is 35.8 Å². The second kappa shape index (κ2) is 14.6. The standard InChI is InChI=1S/C23H32N4O3.HI/c1-5-29-11-12-30-21-13-17(2)9-10-20(21)16-27-23(25-4)26-15-18-7-6-8-19(14-18)22(28)24-3;/h6-10,13-14H,5,11-12,15-16H2,1-4H3,(H,24,28)(H2,25,26,27);1H. The van der Waals surface area contributed by atoms with Gasteiger partial charge in [0.25, 0.3) is 5.91 Å². The quantitative estimate of drug-likeness (QED) is 0.187. The van der Waals surface area contributed by atoms with Crippen LogP contribution in [0.4, 0.5) is 0 Å². The highest BCUT2D eigenvalue weighted by molar-refractivity contribution is 14.0. The zero-order valence-electron chi connectivity index (χ0n) is 18.7. The van der Waals surface area contributed by atoms with E-state index in [4.69, 9.17) is 9.47 Å². The minimum Gasteiger partial charge on any atom is -0.491 e. The van der Waals surface area contributed by atoms with Crippen molar-refractivity contribution in [3.63, 3.8) is 0 Å². The second-order valence-corrected chi connectivity index (χ2v) is 6.72. The number of aryl methyl sites for hydroxylation is 1. The van der Waals surface area contributed by atoms with Gasteiger partial charge in [-0.25, -0.2) is 0 Å². The first-order valence-corrected chi connectivity index (χ1v) is 10.1. The molecule has 0 aromatic heterocycles. The van der Waals surface area contributed by atoms with Crippen LogP contribution in [-0.4, -0.2) is 45.8 Å². The third kappa shape index (κ3) is 9.14. The molecule has 8 heteroatoms. The fourth-order valence-corrected chi connectivity index (χ4v) is 2.85. The summed E-state index contributed by atoms with van der Waals surface area (Å²) in [5.74, 6) is 1.41. The van der Waals surface area contributed by atoms with E-state index in [1.165, 1.54) is 0 Å². The van der Waals surface area contributed by atoms with Gasteiger partial charge >= 0.3 is 0 Å². The molecule has 0 saturated heterocycles. The number of guanidine groups is 1. The van der Waals surface area contributed by atoms with Crippen molar-refractivity contribution in [2.45, 2.75) is 26.9 Å². The highest BCUT2D eigenvalue weighted by atomic mass is 127. The molecule has 31 heavy (non-hydrogen) atoms. The van der Waals surface area contributed by atoms with Crippen molar-refractivity contribution in [2.75, 3.05) is 33.9 Å². The Morgan fingerprint density at radius 1 is 1.06 bits per heavy atom. The summed E-state index contributed by atoms with van der Waals surface area (Å²) in [6.07, 6.45) is 0. The first kappa shape index (κ1) is 26.7. The van der Waals surface area contributed by atoms with Crippen molar-refractivity contribution in [3.8, 4) is 5.75 Å². The van der Waals surface area contributed by atoms with Gasteiger partial charge in [-0.05, 0) is 43.2 Å². The van der Waals surface area contributed by atoms with E-state index in [0.29, 0.717) is 44.4 Å². The van der Waals surface area contributed by atoms with E-state index < -0.39 is 0 Å². The smallest absolute Gasteiger partial charge is 0.251 e. The molecule has 1 amide bonds. The van der Waals surface area contributed by atoms with Crippen LogP contribution in [0.2, 0.25) is 0 Å². The lowest BCUT2D eigenvalue weighted by Crippen LogP contribution is -2.36. The van der Waals surface area contributed by atoms with Gasteiger partial charge in [0.2, 0.25) is 0 Å². The molecule has 0 atom stereocenters. The van der Waals surface area contributed by atoms with E-state index in [2.05, 4.69) is 33.1 Å². The Balaban J connectivity index is 0.00000480. The maximum Gasteiger partial charge on any atom is 0.251 e. The van der Waals surface area contributed by atoms with E-state index in [1.54, 1.807) is 20.2 Å². The number of aliphatic imine (C=N–C) groups is 1. The van der Waals surface area contributed by atoms with Crippen molar-refractivity contribution in [1.29, 1.82) is 0 Å². The zero-order valence-corrected chi connectivity index (χ0v) is 21.0. The monoisotopic (exact) mass is 540 g/mol. The largest absolute Gasteiger partial charge is 0.491 e. The number of nitrogens with one attached hydrogen (secondary N) is 3. The molecule has 2 aromatic rings. The molecular formula is C23H33IN4O3. The fourth-order valence-electron chi connectivity index (χ4n) is 2.85. The summed E-state index contributed by atoms with van der Waals surface area (Å²) in [6, 6.07) is 13.6. The van der Waals surface area contributed by atoms with Crippen LogP contribution in [-0.2, 0) is 17.8 Å². The summed E-state index contributed by atoms with van der Waals surface area (Å²) in [4.78, 5) is 16.1. The Kier molecular flexibility index (Phi) is 12.6. The molecule has 0 fully saturated rings. The molecule has 3 N–H and O–H groups in total. The van der Waals surface area contributed by atoms with Gasteiger partial charge in [0.1, 0.15) is 12.4 Å². The van der Waals surface area contributed by atoms with Gasteiger partial charge in [0, 0.05) is 44.9 Å². The lowest BCUT2D eigenvalue weighted by atomic mass is 10.1. The molecule has 7 nitrogen and oxygen atoms in total. The van der Waals surface area contributed by atoms with Crippen molar-refractivity contribution < 1.29 is 14.3 Å². The average Bonchev–Trinajstić information content (AvgIpc) is 2.77. The van der Waals surface area contributed by atoms with Gasteiger partial charge < -0.3 is 25.4 Å². The molecule has 0 aliphatic rings. The summed E-state index contributed by atoms with van der Waals surface area (Å²) in [5, 5.41) is 9.23. The van der Waals surface area contributed by atoms with Gasteiger partial charge in [0.05, 0.1) is 6.61 Å². The minimum atomic E-state index is -0.101. The van der Waals surface area contributed by atoms with Crippen molar-refractivity contribution in [1.82, 2.24) is 16.0 Å². The van der Waals surface area contributed by atoms with E-state index >= 15 is 0 Å². The fraction of sp³-hybridized carbons (Fsp3) is 0.391. The Labute approximate surface area is 202 Å². The second-order valence-electron chi connectivity index (χ2n) is 6.72. The summed E-state index contributed by atoms with van der Waals surface area (Å²) in [7, 11) is 3.35. The number of carbonyl (C=O) groups is 1. The number of amides is 1. The molecule has 0 aliphatic heterocycles. The van der Waals surface area contributed by atoms with E-state index in [1.807, 2.05) is 38.1 Å². The van der Waals surface area contributed by atoms with E-state index in [-0.39, 0.29) is 29.9 Å². The molecule has 2 aromatic carbocycles. The van der Waals surface area contributed by atoms with E-state index in [0.717, 1.165) is 22.4 Å². The van der Waals surface area contributed by atoms with Crippen LogP contribution in [0.25, 0.3) is 0 Å². The Morgan fingerprint density at radius 2 is 1.84 bits per heavy atom. The summed E-state index contributed by atoms with van der Waals surface area (Å²) in [6.45, 7) is 6.89. The van der Waals surface area contributed by atoms with Crippen molar-refractivity contribution in [2.24, 2.45) is 4.99 Å². The minimum absolute atomic E-state index is 0. The van der Waals surface area contributed by atoms with Crippen LogP contribution in [0, 0.1) is 6.92 Å². The third-order valence-electron chi connectivity index (χ3n) is 4.46. The summed E-state index contributed by atoms with van der Waals surface area (Å²) in [5.41, 5.74) is 3.81. The Bertz CT molecular complexity index is 858. The lowest BCUT2D eigenvalue weighted by Gasteiger charge is -2.16. The molecule has 0 spiro atoms. The van der Waals surface area contributed by atoms with Crippen LogP contribution in [0.15, 0.2) is 47.5 Å². The lowest BCUT2D eigenvalue weighted by molar-refractivity contribution is 0.0963. The highest BCUT2D eigenvalue weighted by Gasteiger charge is 2.07. The van der Waals surface area contributed by atoms with Crippen LogP contribution >= 0.6 is 24.0 Å². The van der Waals surface area contributed by atoms with Crippen molar-refractivity contribution in [3.05, 3.63) is 64.7 Å². The summed E-state index contributed by atoms with van der Waals surface area (Å²) < 4.78 is 11.2. The highest BCUT2D eigenvalue weighted by Crippen LogP contribution is 2.20. The van der Waals surface area contributed by atoms with Gasteiger partial charge in [-0.3, -0.25) is 9.79 Å². The number of ether oxygens (including phenoxy) is 2. The molecule has 0 saturated carbocycles. The predicted octanol–water partition coefficient (Wildman–Crippen LogP) is 3.25.